The van der Waals surface area contributed by atoms with E-state index in [4.69, 9.17) is 9.79 Å². The molecule has 0 aliphatic heterocycles. The minimum Gasteiger partial charge on any atom is -0.303 e. The average molecular weight is 603 g/mol. The number of hydrogen-bond donors (Lipinski definition) is 2. The number of ketones is 2. The van der Waals surface area contributed by atoms with Crippen LogP contribution in [0.5, 0.6) is 0 Å². The van der Waals surface area contributed by atoms with E-state index in [1.165, 1.54) is 128 Å². The number of unbranched alkanes of at least 4 members (excludes halogenated alkanes) is 24. The summed E-state index contributed by atoms with van der Waals surface area (Å²) in [5.41, 5.74) is 0. The highest BCUT2D eigenvalue weighted by molar-refractivity contribution is 7.46. The lowest BCUT2D eigenvalue weighted by atomic mass is 9.92. The molecule has 0 aromatic rings. The van der Waals surface area contributed by atoms with E-state index in [1.54, 1.807) is 0 Å². The van der Waals surface area contributed by atoms with Crippen molar-refractivity contribution in [2.24, 2.45) is 5.92 Å². The summed E-state index contributed by atoms with van der Waals surface area (Å²) >= 11 is 0. The molecule has 0 rings (SSSR count). The van der Waals surface area contributed by atoms with Crippen LogP contribution in [0, 0.1) is 5.92 Å². The van der Waals surface area contributed by atoms with Crippen LogP contribution < -0.4 is 0 Å². The number of phosphoric acid groups is 1. The molecule has 0 heterocycles. The Kier molecular flexibility index (Phi) is 29.1. The normalized spacial score (nSPS) is 11.9. The van der Waals surface area contributed by atoms with Crippen LogP contribution in [0.4, 0.5) is 0 Å². The zero-order valence-corrected chi connectivity index (χ0v) is 28.0. The molecule has 0 amide bonds. The summed E-state index contributed by atoms with van der Waals surface area (Å²) in [5, 5.41) is 0. The van der Waals surface area contributed by atoms with Gasteiger partial charge >= 0.3 is 7.82 Å². The number of rotatable bonds is 33. The maximum atomic E-state index is 12.8. The van der Waals surface area contributed by atoms with Gasteiger partial charge in [-0.1, -0.05) is 168 Å². The molecule has 0 aromatic carbocycles. The van der Waals surface area contributed by atoms with Crippen LogP contribution in [0.25, 0.3) is 0 Å². The van der Waals surface area contributed by atoms with Gasteiger partial charge in [0.05, 0.1) is 6.61 Å². The van der Waals surface area contributed by atoms with Crippen LogP contribution in [-0.2, 0) is 18.7 Å². The largest absolute Gasteiger partial charge is 0.469 e. The Labute approximate surface area is 253 Å². The Morgan fingerprint density at radius 2 is 0.732 bits per heavy atom. The second-order valence-corrected chi connectivity index (χ2v) is 13.5. The van der Waals surface area contributed by atoms with Crippen molar-refractivity contribution in [3.63, 3.8) is 0 Å². The van der Waals surface area contributed by atoms with Crippen molar-refractivity contribution in [2.45, 2.75) is 194 Å². The van der Waals surface area contributed by atoms with Crippen molar-refractivity contribution in [1.82, 2.24) is 0 Å². The van der Waals surface area contributed by atoms with E-state index >= 15 is 0 Å². The highest BCUT2D eigenvalue weighted by atomic mass is 31.2. The number of hydrogen-bond acceptors (Lipinski definition) is 4. The molecule has 0 saturated carbocycles. The predicted octanol–water partition coefficient (Wildman–Crippen LogP) is 10.8. The lowest BCUT2D eigenvalue weighted by Crippen LogP contribution is -2.28. The van der Waals surface area contributed by atoms with Crippen LogP contribution in [-0.4, -0.2) is 28.0 Å². The fraction of sp³-hybridized carbons (Fsp3) is 0.941. The number of carbonyl (C=O) groups excluding carboxylic acids is 2. The van der Waals surface area contributed by atoms with E-state index < -0.39 is 20.3 Å². The first-order valence-corrected chi connectivity index (χ1v) is 19.1. The van der Waals surface area contributed by atoms with Gasteiger partial charge in [0.1, 0.15) is 17.5 Å². The lowest BCUT2D eigenvalue weighted by Gasteiger charge is -2.15. The molecule has 0 spiro atoms. The van der Waals surface area contributed by atoms with Crippen molar-refractivity contribution in [3.8, 4) is 0 Å². The molecule has 0 radical (unpaired) electrons. The molecule has 0 aliphatic rings. The molecule has 0 atom stereocenters. The van der Waals surface area contributed by atoms with Gasteiger partial charge in [0.15, 0.2) is 0 Å². The number of phosphoric ester groups is 1. The Balaban J connectivity index is 4.01. The molecule has 0 bridgehead atoms. The Morgan fingerprint density at radius 3 is 0.976 bits per heavy atom. The predicted molar refractivity (Wildman–Crippen MR) is 172 cm³/mol. The highest BCUT2D eigenvalue weighted by Crippen LogP contribution is 2.36. The summed E-state index contributed by atoms with van der Waals surface area (Å²) in [6.45, 7) is 3.98. The van der Waals surface area contributed by atoms with E-state index in [0.29, 0.717) is 12.8 Å². The molecular formula is C34H67O6P. The molecule has 244 valence electrons. The van der Waals surface area contributed by atoms with Gasteiger partial charge in [0, 0.05) is 12.8 Å². The third kappa shape index (κ3) is 29.3. The van der Waals surface area contributed by atoms with Crippen LogP contribution in [0.15, 0.2) is 0 Å². The third-order valence-electron chi connectivity index (χ3n) is 8.24. The fourth-order valence-corrected chi connectivity index (χ4v) is 5.86. The van der Waals surface area contributed by atoms with Crippen LogP contribution in [0.3, 0.4) is 0 Å². The minimum absolute atomic E-state index is 0.235. The van der Waals surface area contributed by atoms with Gasteiger partial charge in [-0.3, -0.25) is 14.1 Å². The minimum atomic E-state index is -4.72. The van der Waals surface area contributed by atoms with E-state index in [0.717, 1.165) is 25.7 Å². The average Bonchev–Trinajstić information content (AvgIpc) is 2.93. The molecule has 0 aromatic heterocycles. The molecule has 0 unspecified atom stereocenters. The van der Waals surface area contributed by atoms with Gasteiger partial charge in [0.25, 0.3) is 0 Å². The smallest absolute Gasteiger partial charge is 0.303 e. The summed E-state index contributed by atoms with van der Waals surface area (Å²) in [5.74, 6) is -1.53. The number of carbonyl (C=O) groups is 2. The zero-order chi connectivity index (χ0) is 30.4. The van der Waals surface area contributed by atoms with Gasteiger partial charge in [-0.2, -0.15) is 0 Å². The number of Topliss-reactive ketones (excluding diaryl/α,β-unsaturated/α-hetero) is 2. The van der Waals surface area contributed by atoms with Crippen LogP contribution >= 0.6 is 7.82 Å². The van der Waals surface area contributed by atoms with Crippen molar-refractivity contribution >= 4 is 19.4 Å². The monoisotopic (exact) mass is 602 g/mol. The van der Waals surface area contributed by atoms with E-state index in [1.807, 2.05) is 0 Å². The molecule has 6 nitrogen and oxygen atoms in total. The Hall–Kier alpha value is -0.550. The molecule has 2 N–H and O–H groups in total. The quantitative estimate of drug-likeness (QED) is 0.0440. The molecule has 0 fully saturated rings. The van der Waals surface area contributed by atoms with E-state index in [9.17, 15) is 14.2 Å². The Morgan fingerprint density at radius 1 is 0.488 bits per heavy atom. The third-order valence-corrected chi connectivity index (χ3v) is 8.73. The lowest BCUT2D eigenvalue weighted by molar-refractivity contribution is -0.134. The molecule has 7 heteroatoms. The SMILES string of the molecule is CCCCCCCCCCCCCCCC(=O)C(COP(=O)(O)O)C(=O)CCCCCCCCCCCCCCC. The maximum absolute atomic E-state index is 12.8. The second kappa shape index (κ2) is 29.5. The fourth-order valence-electron chi connectivity index (χ4n) is 5.52. The molecular weight excluding hydrogens is 535 g/mol. The van der Waals surface area contributed by atoms with Gasteiger partial charge in [0.2, 0.25) is 0 Å². The maximum Gasteiger partial charge on any atom is 0.469 e. The summed E-state index contributed by atoms with van der Waals surface area (Å²) in [6.07, 6.45) is 32.2. The topological polar surface area (TPSA) is 101 Å². The van der Waals surface area contributed by atoms with Crippen LogP contribution in [0.2, 0.25) is 0 Å². The van der Waals surface area contributed by atoms with Gasteiger partial charge < -0.3 is 9.79 Å². The molecule has 0 aliphatic carbocycles. The van der Waals surface area contributed by atoms with Crippen molar-refractivity contribution in [1.29, 1.82) is 0 Å². The van der Waals surface area contributed by atoms with Gasteiger partial charge in [-0.25, -0.2) is 4.57 Å². The Bertz CT molecular complexity index is 605. The standard InChI is InChI=1S/C34H67O6P/c1-3-5-7-9-11-13-15-17-19-21-23-25-27-29-33(35)32(31-40-41(37,38)39)34(36)30-28-26-24-22-20-18-16-14-12-10-8-6-4-2/h32H,3-31H2,1-2H3,(H2,37,38,39). The molecule has 41 heavy (non-hydrogen) atoms. The van der Waals surface area contributed by atoms with Gasteiger partial charge in [-0.05, 0) is 12.8 Å². The second-order valence-electron chi connectivity index (χ2n) is 12.3. The van der Waals surface area contributed by atoms with Crippen LogP contribution in [0.1, 0.15) is 194 Å². The van der Waals surface area contributed by atoms with Crippen molar-refractivity contribution < 1.29 is 28.5 Å². The van der Waals surface area contributed by atoms with E-state index in [2.05, 4.69) is 18.4 Å². The molecule has 0 saturated heterocycles. The summed E-state index contributed by atoms with van der Waals surface area (Å²) in [6, 6.07) is 0. The first-order chi connectivity index (χ1) is 19.8. The van der Waals surface area contributed by atoms with Crippen molar-refractivity contribution in [3.05, 3.63) is 0 Å². The van der Waals surface area contributed by atoms with Crippen molar-refractivity contribution in [2.75, 3.05) is 6.61 Å². The van der Waals surface area contributed by atoms with E-state index in [-0.39, 0.29) is 24.4 Å². The van der Waals surface area contributed by atoms with Gasteiger partial charge in [-0.15, -0.1) is 0 Å². The zero-order valence-electron chi connectivity index (χ0n) is 27.1. The summed E-state index contributed by atoms with van der Waals surface area (Å²) in [7, 11) is -4.72. The first-order valence-electron chi connectivity index (χ1n) is 17.6. The highest BCUT2D eigenvalue weighted by Gasteiger charge is 2.28. The first kappa shape index (κ1) is 40.5. The summed E-state index contributed by atoms with van der Waals surface area (Å²) < 4.78 is 15.8. The summed E-state index contributed by atoms with van der Waals surface area (Å²) in [4.78, 5) is 43.8.